The Balaban J connectivity index is 1.59. The van der Waals surface area contributed by atoms with E-state index in [4.69, 9.17) is 0 Å². The number of nitrogens with zero attached hydrogens (tertiary/aromatic N) is 6. The summed E-state index contributed by atoms with van der Waals surface area (Å²) in [5.41, 5.74) is 7.04. The van der Waals surface area contributed by atoms with Gasteiger partial charge in [0.15, 0.2) is 17.5 Å². The minimum atomic E-state index is -0.0769. The van der Waals surface area contributed by atoms with Crippen molar-refractivity contribution in [2.75, 3.05) is 22.7 Å². The minimum absolute atomic E-state index is 0.0769. The number of hydrazone groups is 1. The Hall–Kier alpha value is -4.01. The number of aromatic nitrogens is 4. The van der Waals surface area contributed by atoms with Crippen molar-refractivity contribution in [3.63, 3.8) is 0 Å². The third-order valence-electron chi connectivity index (χ3n) is 5.41. The molecule has 33 heavy (non-hydrogen) atoms. The number of aromatic hydroxyl groups is 1. The number of phenolic OH excluding ortho intramolecular Hbond substituents is 1. The van der Waals surface area contributed by atoms with Gasteiger partial charge in [-0.15, -0.1) is 16.8 Å². The van der Waals surface area contributed by atoms with Gasteiger partial charge in [0.25, 0.3) is 5.95 Å². The van der Waals surface area contributed by atoms with E-state index >= 15 is 0 Å². The third kappa shape index (κ3) is 4.48. The molecule has 170 valence electrons. The van der Waals surface area contributed by atoms with E-state index < -0.39 is 0 Å². The third-order valence-corrected chi connectivity index (χ3v) is 5.41. The van der Waals surface area contributed by atoms with Crippen LogP contribution in [0.2, 0.25) is 0 Å². The lowest BCUT2D eigenvalue weighted by Crippen LogP contribution is -2.22. The van der Waals surface area contributed by atoms with E-state index in [0.717, 1.165) is 22.5 Å². The lowest BCUT2D eigenvalue weighted by Gasteiger charge is -2.27. The lowest BCUT2D eigenvalue weighted by atomic mass is 9.84. The number of anilines is 5. The smallest absolute Gasteiger partial charge is 0.265 e. The van der Waals surface area contributed by atoms with Gasteiger partial charge < -0.3 is 15.3 Å². The lowest BCUT2D eigenvalue weighted by molar-refractivity contribution is 0.467. The van der Waals surface area contributed by atoms with Crippen LogP contribution in [0, 0.1) is 6.92 Å². The second-order valence-electron chi connectivity index (χ2n) is 9.00. The molecule has 4 rings (SSSR count). The molecular formula is C24H28N8O. The van der Waals surface area contributed by atoms with Crippen LogP contribution in [0.4, 0.5) is 29.1 Å². The van der Waals surface area contributed by atoms with Gasteiger partial charge in [-0.25, -0.2) is 10.4 Å². The summed E-state index contributed by atoms with van der Waals surface area (Å²) in [5, 5.41) is 26.4. The van der Waals surface area contributed by atoms with Crippen LogP contribution in [0.15, 0.2) is 42.0 Å². The van der Waals surface area contributed by atoms with Gasteiger partial charge >= 0.3 is 0 Å². The van der Waals surface area contributed by atoms with Crippen molar-refractivity contribution in [1.82, 2.24) is 20.2 Å². The maximum atomic E-state index is 10.7. The van der Waals surface area contributed by atoms with Gasteiger partial charge in [0.05, 0.1) is 11.9 Å². The number of fused-ring (bicyclic) bond motifs is 2. The minimum Gasteiger partial charge on any atom is -0.507 e. The molecule has 1 aliphatic heterocycles. The molecule has 0 bridgehead atoms. The molecule has 0 aliphatic carbocycles. The Morgan fingerprint density at radius 3 is 2.70 bits per heavy atom. The largest absolute Gasteiger partial charge is 0.507 e. The summed E-state index contributed by atoms with van der Waals surface area (Å²) < 4.78 is 0. The van der Waals surface area contributed by atoms with Crippen LogP contribution in [0.25, 0.3) is 0 Å². The summed E-state index contributed by atoms with van der Waals surface area (Å²) in [6, 6.07) is 7.86. The first-order valence-corrected chi connectivity index (χ1v) is 10.7. The molecule has 1 aromatic carbocycles. The molecule has 1 aliphatic rings. The summed E-state index contributed by atoms with van der Waals surface area (Å²) in [6.07, 6.45) is 3.90. The van der Waals surface area contributed by atoms with E-state index in [-0.39, 0.29) is 17.1 Å². The Morgan fingerprint density at radius 1 is 1.18 bits per heavy atom. The molecule has 9 nitrogen and oxygen atoms in total. The predicted molar refractivity (Wildman–Crippen MR) is 132 cm³/mol. The first-order chi connectivity index (χ1) is 15.7. The number of aryl methyl sites for hydroxylation is 1. The van der Waals surface area contributed by atoms with E-state index in [1.807, 2.05) is 43.1 Å². The van der Waals surface area contributed by atoms with Crippen LogP contribution < -0.4 is 15.6 Å². The highest BCUT2D eigenvalue weighted by Gasteiger charge is 2.24. The molecule has 0 unspecified atom stereocenters. The highest BCUT2D eigenvalue weighted by atomic mass is 16.3. The molecule has 9 heteroatoms. The molecule has 3 heterocycles. The first-order valence-electron chi connectivity index (χ1n) is 10.7. The zero-order valence-corrected chi connectivity index (χ0v) is 19.5. The van der Waals surface area contributed by atoms with Crippen LogP contribution in [-0.4, -0.2) is 38.5 Å². The summed E-state index contributed by atoms with van der Waals surface area (Å²) in [5.74, 6) is 2.25. The van der Waals surface area contributed by atoms with E-state index in [1.165, 1.54) is 0 Å². The first kappa shape index (κ1) is 22.2. The summed E-state index contributed by atoms with van der Waals surface area (Å²) in [6.45, 7) is 12.1. The van der Waals surface area contributed by atoms with Crippen LogP contribution in [-0.2, 0) is 11.8 Å². The highest BCUT2D eigenvalue weighted by Crippen LogP contribution is 2.39. The van der Waals surface area contributed by atoms with Crippen molar-refractivity contribution < 1.29 is 5.11 Å². The van der Waals surface area contributed by atoms with Crippen LogP contribution in [0.3, 0.4) is 0 Å². The maximum absolute atomic E-state index is 10.7. The van der Waals surface area contributed by atoms with Gasteiger partial charge in [0.2, 0.25) is 0 Å². The van der Waals surface area contributed by atoms with E-state index in [0.29, 0.717) is 29.4 Å². The number of phenols is 1. The number of pyridine rings is 1. The molecular weight excluding hydrogens is 416 g/mol. The number of benzene rings is 1. The van der Waals surface area contributed by atoms with Gasteiger partial charge in [-0.3, -0.25) is 0 Å². The molecule has 0 atom stereocenters. The summed E-state index contributed by atoms with van der Waals surface area (Å²) in [4.78, 5) is 10.9. The van der Waals surface area contributed by atoms with Gasteiger partial charge in [-0.2, -0.15) is 10.1 Å². The predicted octanol–water partition coefficient (Wildman–Crippen LogP) is 4.58. The van der Waals surface area contributed by atoms with Crippen molar-refractivity contribution in [3.05, 3.63) is 59.3 Å². The molecule has 2 aromatic heterocycles. The fraction of sp³-hybridized carbons (Fsp3) is 0.292. The molecule has 0 fully saturated rings. The fourth-order valence-corrected chi connectivity index (χ4v) is 3.54. The molecule has 0 saturated heterocycles. The van der Waals surface area contributed by atoms with Gasteiger partial charge in [-0.05, 0) is 48.1 Å². The number of hydrogen-bond donors (Lipinski definition) is 3. The van der Waals surface area contributed by atoms with Crippen molar-refractivity contribution >= 4 is 35.3 Å². The van der Waals surface area contributed by atoms with Crippen molar-refractivity contribution in [3.8, 4) is 5.75 Å². The Bertz CT molecular complexity index is 1250. The Labute approximate surface area is 193 Å². The van der Waals surface area contributed by atoms with Gasteiger partial charge in [-0.1, -0.05) is 32.9 Å². The number of rotatable bonds is 5. The standard InChI is InChI=1S/C24H28N8O/c1-7-8-15-11-17(24(3,4)5)12-16(19(15)33)13-25-30-23-28-22-21(29-31-23)27-20-18(32(22)6)10-9-14(2)26-20/h7,9-13,33H,1,8H2,2-6H3,(H,26,27,29)(H,28,30,31). The second-order valence-corrected chi connectivity index (χ2v) is 9.00. The zero-order valence-electron chi connectivity index (χ0n) is 19.5. The van der Waals surface area contributed by atoms with E-state index in [1.54, 1.807) is 12.3 Å². The number of hydrogen-bond acceptors (Lipinski definition) is 9. The topological polar surface area (TPSA) is 111 Å². The molecule has 3 N–H and O–H groups in total. The van der Waals surface area contributed by atoms with Crippen LogP contribution in [0.5, 0.6) is 5.75 Å². The number of nitrogens with one attached hydrogen (secondary N) is 2. The van der Waals surface area contributed by atoms with Crippen molar-refractivity contribution in [2.45, 2.75) is 39.5 Å². The SMILES string of the molecule is C=CCc1cc(C(C)(C)C)cc(C=NNc2nnc3c(n2)N(C)c2ccc(C)nc2N3)c1O. The molecule has 0 spiro atoms. The monoisotopic (exact) mass is 444 g/mol. The van der Waals surface area contributed by atoms with Gasteiger partial charge in [0, 0.05) is 18.3 Å². The molecule has 0 saturated carbocycles. The van der Waals surface area contributed by atoms with Gasteiger partial charge in [0.1, 0.15) is 5.75 Å². The summed E-state index contributed by atoms with van der Waals surface area (Å²) >= 11 is 0. The Morgan fingerprint density at radius 2 is 1.97 bits per heavy atom. The normalized spacial score (nSPS) is 12.8. The second kappa shape index (κ2) is 8.50. The van der Waals surface area contributed by atoms with Crippen molar-refractivity contribution in [2.24, 2.45) is 5.10 Å². The van der Waals surface area contributed by atoms with Crippen LogP contribution in [0.1, 0.15) is 43.2 Å². The summed E-state index contributed by atoms with van der Waals surface area (Å²) in [7, 11) is 1.90. The quantitative estimate of drug-likeness (QED) is 0.298. The van der Waals surface area contributed by atoms with E-state index in [2.05, 4.69) is 63.4 Å². The highest BCUT2D eigenvalue weighted by molar-refractivity contribution is 5.87. The Kier molecular flexibility index (Phi) is 5.71. The van der Waals surface area contributed by atoms with Crippen LogP contribution >= 0.6 is 0 Å². The molecule has 3 aromatic rings. The molecule has 0 amide bonds. The number of allylic oxidation sites excluding steroid dienone is 1. The molecule has 0 radical (unpaired) electrons. The van der Waals surface area contributed by atoms with E-state index in [9.17, 15) is 5.11 Å². The fourth-order valence-electron chi connectivity index (χ4n) is 3.54. The zero-order chi connectivity index (χ0) is 23.8. The average Bonchev–Trinajstić information content (AvgIpc) is 2.76. The van der Waals surface area contributed by atoms with Crippen molar-refractivity contribution in [1.29, 1.82) is 0 Å². The maximum Gasteiger partial charge on any atom is 0.265 e. The average molecular weight is 445 g/mol.